The third kappa shape index (κ3) is 4.55. The second kappa shape index (κ2) is 7.93. The van der Waals surface area contributed by atoms with Crippen molar-refractivity contribution >= 4 is 46.6 Å². The largest absolute Gasteiger partial charge is 0.325 e. The Morgan fingerprint density at radius 3 is 2.68 bits per heavy atom. The lowest BCUT2D eigenvalue weighted by atomic mass is 10.1. The number of benzene rings is 2. The van der Waals surface area contributed by atoms with Crippen LogP contribution in [0.15, 0.2) is 42.5 Å². The lowest BCUT2D eigenvalue weighted by Crippen LogP contribution is -2.25. The Morgan fingerprint density at radius 1 is 1.20 bits per heavy atom. The van der Waals surface area contributed by atoms with Crippen molar-refractivity contribution in [2.75, 3.05) is 22.5 Å². The first kappa shape index (κ1) is 17.8. The maximum Gasteiger partial charge on any atom is 0.234 e. The predicted molar refractivity (Wildman–Crippen MR) is 104 cm³/mol. The average Bonchev–Trinajstić information content (AvgIpc) is 3.00. The number of rotatable bonds is 5. The molecule has 0 saturated heterocycles. The fourth-order valence-corrected chi connectivity index (χ4v) is 3.76. The molecule has 1 N–H and O–H groups in total. The first-order chi connectivity index (χ1) is 12.0. The Kier molecular flexibility index (Phi) is 5.66. The van der Waals surface area contributed by atoms with E-state index in [0.29, 0.717) is 17.3 Å². The van der Waals surface area contributed by atoms with Crippen LogP contribution in [0.1, 0.15) is 18.1 Å². The molecule has 2 amide bonds. The van der Waals surface area contributed by atoms with Crippen molar-refractivity contribution < 1.29 is 9.59 Å². The SMILES string of the molecule is CC(=O)N1CCc2cc(NC(=O)CSCc3ccc(Cl)cc3)ccc21. The summed E-state index contributed by atoms with van der Waals surface area (Å²) in [6.45, 7) is 2.28. The Balaban J connectivity index is 1.51. The zero-order valence-corrected chi connectivity index (χ0v) is 15.5. The van der Waals surface area contributed by atoms with Crippen molar-refractivity contribution in [2.24, 2.45) is 0 Å². The minimum atomic E-state index is -0.0275. The summed E-state index contributed by atoms with van der Waals surface area (Å²) in [6, 6.07) is 13.4. The van der Waals surface area contributed by atoms with E-state index in [9.17, 15) is 9.59 Å². The Hall–Kier alpha value is -1.98. The number of halogens is 1. The van der Waals surface area contributed by atoms with E-state index in [4.69, 9.17) is 11.6 Å². The van der Waals surface area contributed by atoms with Gasteiger partial charge in [-0.1, -0.05) is 23.7 Å². The van der Waals surface area contributed by atoms with E-state index in [-0.39, 0.29) is 11.8 Å². The van der Waals surface area contributed by atoms with Crippen molar-refractivity contribution in [2.45, 2.75) is 19.1 Å². The number of fused-ring (bicyclic) bond motifs is 1. The molecule has 1 aliphatic heterocycles. The number of thioether (sulfide) groups is 1. The van der Waals surface area contributed by atoms with E-state index >= 15 is 0 Å². The molecule has 0 spiro atoms. The van der Waals surface area contributed by atoms with Gasteiger partial charge in [0.1, 0.15) is 0 Å². The molecule has 0 aromatic heterocycles. The van der Waals surface area contributed by atoms with E-state index in [1.165, 1.54) is 0 Å². The summed E-state index contributed by atoms with van der Waals surface area (Å²) >= 11 is 7.42. The fourth-order valence-electron chi connectivity index (χ4n) is 2.85. The molecule has 4 nitrogen and oxygen atoms in total. The second-order valence-electron chi connectivity index (χ2n) is 5.93. The van der Waals surface area contributed by atoms with Crippen molar-refractivity contribution in [1.29, 1.82) is 0 Å². The van der Waals surface area contributed by atoms with Crippen LogP contribution in [0.3, 0.4) is 0 Å². The smallest absolute Gasteiger partial charge is 0.234 e. The fraction of sp³-hybridized carbons (Fsp3) is 0.263. The standard InChI is InChI=1S/C19H19ClN2O2S/c1-13(23)22-9-8-15-10-17(6-7-18(15)22)21-19(24)12-25-11-14-2-4-16(20)5-3-14/h2-7,10H,8-9,11-12H2,1H3,(H,21,24). The molecule has 0 aliphatic carbocycles. The van der Waals surface area contributed by atoms with Gasteiger partial charge in [-0.05, 0) is 47.9 Å². The number of amides is 2. The number of carbonyl (C=O) groups is 2. The maximum atomic E-state index is 12.1. The predicted octanol–water partition coefficient (Wildman–Crippen LogP) is 4.12. The van der Waals surface area contributed by atoms with Crippen LogP contribution in [0.4, 0.5) is 11.4 Å². The van der Waals surface area contributed by atoms with E-state index < -0.39 is 0 Å². The molecule has 0 atom stereocenters. The van der Waals surface area contributed by atoms with E-state index in [0.717, 1.165) is 34.7 Å². The van der Waals surface area contributed by atoms with E-state index in [2.05, 4.69) is 5.32 Å². The summed E-state index contributed by atoms with van der Waals surface area (Å²) in [6.07, 6.45) is 0.823. The lowest BCUT2D eigenvalue weighted by molar-refractivity contribution is -0.116. The number of nitrogens with zero attached hydrogens (tertiary/aromatic N) is 1. The van der Waals surface area contributed by atoms with Gasteiger partial charge in [-0.2, -0.15) is 0 Å². The van der Waals surface area contributed by atoms with Crippen LogP contribution < -0.4 is 10.2 Å². The Labute approximate surface area is 156 Å². The van der Waals surface area contributed by atoms with Crippen LogP contribution in [-0.4, -0.2) is 24.1 Å². The third-order valence-electron chi connectivity index (χ3n) is 4.05. The molecular weight excluding hydrogens is 356 g/mol. The van der Waals surface area contributed by atoms with E-state index in [1.807, 2.05) is 42.5 Å². The summed E-state index contributed by atoms with van der Waals surface area (Å²) in [4.78, 5) is 25.5. The number of nitrogens with one attached hydrogen (secondary N) is 1. The van der Waals surface area contributed by atoms with Gasteiger partial charge in [0.05, 0.1) is 5.75 Å². The minimum Gasteiger partial charge on any atom is -0.325 e. The number of hydrogen-bond acceptors (Lipinski definition) is 3. The van der Waals surface area contributed by atoms with Crippen LogP contribution in [0.2, 0.25) is 5.02 Å². The highest BCUT2D eigenvalue weighted by Gasteiger charge is 2.22. The van der Waals surface area contributed by atoms with Crippen LogP contribution in [0.25, 0.3) is 0 Å². The van der Waals surface area contributed by atoms with Gasteiger partial charge in [-0.15, -0.1) is 11.8 Å². The average molecular weight is 375 g/mol. The van der Waals surface area contributed by atoms with E-state index in [1.54, 1.807) is 23.6 Å². The van der Waals surface area contributed by atoms with Gasteiger partial charge in [-0.25, -0.2) is 0 Å². The highest BCUT2D eigenvalue weighted by molar-refractivity contribution is 7.99. The van der Waals surface area contributed by atoms with Crippen molar-refractivity contribution in [1.82, 2.24) is 0 Å². The molecule has 0 radical (unpaired) electrons. The highest BCUT2D eigenvalue weighted by Crippen LogP contribution is 2.30. The third-order valence-corrected chi connectivity index (χ3v) is 5.31. The summed E-state index contributed by atoms with van der Waals surface area (Å²) < 4.78 is 0. The number of hydrogen-bond donors (Lipinski definition) is 1. The van der Waals surface area contributed by atoms with Gasteiger partial charge in [0.15, 0.2) is 0 Å². The summed E-state index contributed by atoms with van der Waals surface area (Å²) in [5, 5.41) is 3.64. The monoisotopic (exact) mass is 374 g/mol. The molecule has 0 bridgehead atoms. The van der Waals surface area contributed by atoms with Crippen molar-refractivity contribution in [3.63, 3.8) is 0 Å². The van der Waals surface area contributed by atoms with Crippen LogP contribution in [-0.2, 0) is 21.8 Å². The van der Waals surface area contributed by atoms with Gasteiger partial charge in [0.2, 0.25) is 11.8 Å². The lowest BCUT2D eigenvalue weighted by Gasteiger charge is -2.15. The van der Waals surface area contributed by atoms with Gasteiger partial charge in [-0.3, -0.25) is 9.59 Å². The molecule has 0 saturated carbocycles. The van der Waals surface area contributed by atoms with Gasteiger partial charge >= 0.3 is 0 Å². The highest BCUT2D eigenvalue weighted by atomic mass is 35.5. The van der Waals surface area contributed by atoms with Gasteiger partial charge < -0.3 is 10.2 Å². The Bertz CT molecular complexity index is 793. The molecule has 1 aliphatic rings. The summed E-state index contributed by atoms with van der Waals surface area (Å²) in [7, 11) is 0. The zero-order chi connectivity index (χ0) is 17.8. The van der Waals surface area contributed by atoms with Crippen LogP contribution in [0, 0.1) is 0 Å². The van der Waals surface area contributed by atoms with Crippen LogP contribution >= 0.6 is 23.4 Å². The summed E-state index contributed by atoms with van der Waals surface area (Å²) in [5.41, 5.74) is 3.97. The van der Waals surface area contributed by atoms with Crippen molar-refractivity contribution in [3.8, 4) is 0 Å². The second-order valence-corrected chi connectivity index (χ2v) is 7.35. The molecule has 0 fully saturated rings. The normalized spacial score (nSPS) is 12.8. The maximum absolute atomic E-state index is 12.1. The topological polar surface area (TPSA) is 49.4 Å². The minimum absolute atomic E-state index is 0.0275. The molecular formula is C19H19ClN2O2S. The molecule has 0 unspecified atom stereocenters. The molecule has 2 aromatic carbocycles. The molecule has 2 aromatic rings. The Morgan fingerprint density at radius 2 is 1.96 bits per heavy atom. The molecule has 6 heteroatoms. The molecule has 130 valence electrons. The molecule has 3 rings (SSSR count). The number of carbonyl (C=O) groups excluding carboxylic acids is 2. The molecule has 25 heavy (non-hydrogen) atoms. The number of anilines is 2. The van der Waals surface area contributed by atoms with Gasteiger partial charge in [0.25, 0.3) is 0 Å². The zero-order valence-electron chi connectivity index (χ0n) is 13.9. The first-order valence-electron chi connectivity index (χ1n) is 8.06. The van der Waals surface area contributed by atoms with Crippen LogP contribution in [0.5, 0.6) is 0 Å². The van der Waals surface area contributed by atoms with Crippen molar-refractivity contribution in [3.05, 3.63) is 58.6 Å². The first-order valence-corrected chi connectivity index (χ1v) is 9.59. The quantitative estimate of drug-likeness (QED) is 0.856. The van der Waals surface area contributed by atoms with Gasteiger partial charge in [0, 0.05) is 35.6 Å². The summed E-state index contributed by atoms with van der Waals surface area (Å²) in [5.74, 6) is 1.18. The molecule has 1 heterocycles.